The van der Waals surface area contributed by atoms with Crippen molar-refractivity contribution in [2.24, 2.45) is 0 Å². The zero-order valence-electron chi connectivity index (χ0n) is 13.5. The molecule has 0 fully saturated rings. The van der Waals surface area contributed by atoms with Crippen molar-refractivity contribution < 1.29 is 19.1 Å². The van der Waals surface area contributed by atoms with Gasteiger partial charge in [0.05, 0.1) is 11.9 Å². The molecule has 124 valence electrons. The van der Waals surface area contributed by atoms with Gasteiger partial charge in [-0.15, -0.1) is 11.8 Å². The molecule has 0 saturated heterocycles. The number of ether oxygens (including phenoxy) is 2. The summed E-state index contributed by atoms with van der Waals surface area (Å²) < 4.78 is 10.8. The summed E-state index contributed by atoms with van der Waals surface area (Å²) in [6.45, 7) is 5.35. The lowest BCUT2D eigenvalue weighted by atomic mass is 10.0. The predicted octanol–water partition coefficient (Wildman–Crippen LogP) is 3.62. The van der Waals surface area contributed by atoms with Crippen LogP contribution in [0.2, 0.25) is 0 Å². The van der Waals surface area contributed by atoms with E-state index in [1.807, 2.05) is 32.0 Å². The number of carbonyl (C=O) groups excluding carboxylic acids is 2. The fourth-order valence-corrected chi connectivity index (χ4v) is 3.57. The maximum Gasteiger partial charge on any atom is 0.211 e. The Labute approximate surface area is 141 Å². The van der Waals surface area contributed by atoms with Gasteiger partial charge in [0.2, 0.25) is 5.78 Å². The minimum Gasteiger partial charge on any atom is -0.487 e. The topological polar surface area (TPSA) is 52.6 Å². The number of Topliss-reactive ketones (excluding diaryl/α,β-unsaturated/α-hetero) is 2. The van der Waals surface area contributed by atoms with Crippen LogP contribution in [0, 0.1) is 0 Å². The molecule has 0 amide bonds. The van der Waals surface area contributed by atoms with Crippen molar-refractivity contribution in [2.75, 3.05) is 19.8 Å². The summed E-state index contributed by atoms with van der Waals surface area (Å²) >= 11 is 1.46. The molecular weight excluding hydrogens is 312 g/mol. The van der Waals surface area contributed by atoms with Gasteiger partial charge >= 0.3 is 0 Å². The third kappa shape index (κ3) is 4.69. The second kappa shape index (κ2) is 8.89. The molecule has 1 aromatic carbocycles. The maximum atomic E-state index is 12.5. The number of benzene rings is 1. The van der Waals surface area contributed by atoms with Gasteiger partial charge < -0.3 is 9.47 Å². The van der Waals surface area contributed by atoms with Crippen molar-refractivity contribution in [2.45, 2.75) is 31.9 Å². The summed E-state index contributed by atoms with van der Waals surface area (Å²) in [5.41, 5.74) is 0.643. The van der Waals surface area contributed by atoms with Gasteiger partial charge in [-0.3, -0.25) is 9.59 Å². The number of carbonyl (C=O) groups is 2. The van der Waals surface area contributed by atoms with Crippen LogP contribution in [0.15, 0.2) is 41.0 Å². The molecule has 1 aliphatic heterocycles. The number of hydrogen-bond acceptors (Lipinski definition) is 5. The van der Waals surface area contributed by atoms with Gasteiger partial charge in [-0.1, -0.05) is 37.3 Å². The molecule has 1 atom stereocenters. The van der Waals surface area contributed by atoms with E-state index in [1.54, 1.807) is 12.1 Å². The van der Waals surface area contributed by atoms with E-state index in [4.69, 9.17) is 9.47 Å². The van der Waals surface area contributed by atoms with Gasteiger partial charge in [0, 0.05) is 23.5 Å². The molecule has 4 nitrogen and oxygen atoms in total. The van der Waals surface area contributed by atoms with E-state index in [-0.39, 0.29) is 23.2 Å². The van der Waals surface area contributed by atoms with Crippen LogP contribution in [0.25, 0.3) is 0 Å². The fourth-order valence-electron chi connectivity index (χ4n) is 2.35. The number of ketones is 2. The first-order valence-corrected chi connectivity index (χ1v) is 8.78. The van der Waals surface area contributed by atoms with Crippen molar-refractivity contribution in [1.82, 2.24) is 0 Å². The Morgan fingerprint density at radius 2 is 1.91 bits per heavy atom. The zero-order chi connectivity index (χ0) is 16.7. The molecule has 1 aromatic rings. The van der Waals surface area contributed by atoms with Crippen LogP contribution >= 0.6 is 11.8 Å². The summed E-state index contributed by atoms with van der Waals surface area (Å²) in [4.78, 5) is 25.7. The van der Waals surface area contributed by atoms with Crippen LogP contribution in [-0.2, 0) is 14.3 Å². The number of hydrogen-bond donors (Lipinski definition) is 0. The Balaban J connectivity index is 1.96. The third-order valence-electron chi connectivity index (χ3n) is 3.52. The highest BCUT2D eigenvalue weighted by Gasteiger charge is 2.36. The van der Waals surface area contributed by atoms with E-state index in [9.17, 15) is 9.59 Å². The number of rotatable bonds is 9. The van der Waals surface area contributed by atoms with Crippen molar-refractivity contribution in [3.63, 3.8) is 0 Å². The molecule has 5 heteroatoms. The first-order valence-electron chi connectivity index (χ1n) is 7.90. The van der Waals surface area contributed by atoms with Crippen LogP contribution in [0.4, 0.5) is 0 Å². The van der Waals surface area contributed by atoms with Gasteiger partial charge in [0.15, 0.2) is 11.5 Å². The van der Waals surface area contributed by atoms with Gasteiger partial charge in [0.25, 0.3) is 0 Å². The van der Waals surface area contributed by atoms with Crippen LogP contribution < -0.4 is 0 Å². The summed E-state index contributed by atoms with van der Waals surface area (Å²) in [5.74, 6) is 0.332. The largest absolute Gasteiger partial charge is 0.487 e. The molecule has 1 heterocycles. The van der Waals surface area contributed by atoms with E-state index >= 15 is 0 Å². The monoisotopic (exact) mass is 334 g/mol. The minimum atomic E-state index is -0.375. The molecule has 0 N–H and O–H groups in total. The minimum absolute atomic E-state index is 0.0116. The van der Waals surface area contributed by atoms with E-state index < -0.39 is 0 Å². The molecule has 0 saturated carbocycles. The van der Waals surface area contributed by atoms with Crippen molar-refractivity contribution in [3.8, 4) is 0 Å². The molecule has 23 heavy (non-hydrogen) atoms. The summed E-state index contributed by atoms with van der Waals surface area (Å²) in [6, 6.07) is 9.08. The molecule has 1 aliphatic rings. The summed E-state index contributed by atoms with van der Waals surface area (Å²) in [5, 5.41) is -0.375. The Morgan fingerprint density at radius 3 is 2.57 bits per heavy atom. The van der Waals surface area contributed by atoms with Crippen LogP contribution in [-0.4, -0.2) is 36.6 Å². The van der Waals surface area contributed by atoms with Crippen molar-refractivity contribution in [3.05, 3.63) is 46.6 Å². The average molecular weight is 334 g/mol. The van der Waals surface area contributed by atoms with Crippen LogP contribution in [0.3, 0.4) is 0 Å². The molecule has 0 aliphatic carbocycles. The molecule has 0 bridgehead atoms. The highest BCUT2D eigenvalue weighted by Crippen LogP contribution is 2.39. The van der Waals surface area contributed by atoms with Crippen LogP contribution in [0.1, 0.15) is 37.0 Å². The first-order chi connectivity index (χ1) is 11.2. The van der Waals surface area contributed by atoms with Crippen molar-refractivity contribution >= 4 is 23.3 Å². The number of allylic oxidation sites excluding steroid dienone is 2. The standard InChI is InChI=1S/C18H22O4S/c1-3-15-18(22-11-10-21-4-2)17(20)16(23-15)12-14(19)13-8-6-5-7-9-13/h5-9,16H,3-4,10-12H2,1-2H3. The smallest absolute Gasteiger partial charge is 0.211 e. The average Bonchev–Trinajstić information content (AvgIpc) is 2.88. The highest BCUT2D eigenvalue weighted by molar-refractivity contribution is 8.04. The summed E-state index contributed by atoms with van der Waals surface area (Å²) in [6.07, 6.45) is 0.936. The third-order valence-corrected chi connectivity index (χ3v) is 4.94. The fraction of sp³-hybridized carbons (Fsp3) is 0.444. The zero-order valence-corrected chi connectivity index (χ0v) is 14.4. The highest BCUT2D eigenvalue weighted by atomic mass is 32.2. The van der Waals surface area contributed by atoms with Gasteiger partial charge in [-0.05, 0) is 13.3 Å². The molecular formula is C18H22O4S. The molecule has 1 unspecified atom stereocenters. The second-order valence-corrected chi connectivity index (χ2v) is 6.41. The lowest BCUT2D eigenvalue weighted by Crippen LogP contribution is -2.20. The van der Waals surface area contributed by atoms with Gasteiger partial charge in [-0.25, -0.2) is 0 Å². The SMILES string of the molecule is CCOCCOC1=C(CC)SC(CC(=O)c2ccccc2)C1=O. The van der Waals surface area contributed by atoms with Gasteiger partial charge in [-0.2, -0.15) is 0 Å². The van der Waals surface area contributed by atoms with Crippen LogP contribution in [0.5, 0.6) is 0 Å². The second-order valence-electron chi connectivity index (χ2n) is 5.12. The Kier molecular flexibility index (Phi) is 6.86. The van der Waals surface area contributed by atoms with E-state index in [0.717, 1.165) is 11.3 Å². The Morgan fingerprint density at radius 1 is 1.17 bits per heavy atom. The Bertz CT molecular complexity index is 580. The molecule has 0 spiro atoms. The normalized spacial score (nSPS) is 17.7. The molecule has 0 aromatic heterocycles. The predicted molar refractivity (Wildman–Crippen MR) is 91.5 cm³/mol. The Hall–Kier alpha value is -1.59. The van der Waals surface area contributed by atoms with E-state index in [2.05, 4.69) is 0 Å². The quantitative estimate of drug-likeness (QED) is 0.510. The molecule has 0 radical (unpaired) electrons. The summed E-state index contributed by atoms with van der Waals surface area (Å²) in [7, 11) is 0. The first kappa shape index (κ1) is 17.8. The van der Waals surface area contributed by atoms with E-state index in [1.165, 1.54) is 11.8 Å². The maximum absolute atomic E-state index is 12.5. The number of thioether (sulfide) groups is 1. The van der Waals surface area contributed by atoms with Crippen molar-refractivity contribution in [1.29, 1.82) is 0 Å². The van der Waals surface area contributed by atoms with Gasteiger partial charge in [0.1, 0.15) is 6.61 Å². The molecule has 2 rings (SSSR count). The lowest BCUT2D eigenvalue weighted by molar-refractivity contribution is -0.118. The van der Waals surface area contributed by atoms with E-state index in [0.29, 0.717) is 31.1 Å². The lowest BCUT2D eigenvalue weighted by Gasteiger charge is -2.09.